The van der Waals surface area contributed by atoms with Crippen LogP contribution in [0.1, 0.15) is 88.6 Å². The van der Waals surface area contributed by atoms with Gasteiger partial charge in [-0.25, -0.2) is 4.98 Å². The highest BCUT2D eigenvalue weighted by atomic mass is 16.5. The van der Waals surface area contributed by atoms with E-state index in [-0.39, 0.29) is 11.9 Å². The summed E-state index contributed by atoms with van der Waals surface area (Å²) in [6.45, 7) is 0. The smallest absolute Gasteiger partial charge is 0.217 e. The van der Waals surface area contributed by atoms with Crippen molar-refractivity contribution in [3.8, 4) is 5.88 Å². The van der Waals surface area contributed by atoms with Crippen molar-refractivity contribution in [2.45, 2.75) is 83.2 Å². The molecule has 0 saturated heterocycles. The van der Waals surface area contributed by atoms with Crippen LogP contribution in [-0.4, -0.2) is 21.2 Å². The minimum atomic E-state index is 0.241. The van der Waals surface area contributed by atoms with Crippen LogP contribution in [0.5, 0.6) is 5.88 Å². The van der Waals surface area contributed by atoms with Gasteiger partial charge in [0.25, 0.3) is 0 Å². The van der Waals surface area contributed by atoms with Gasteiger partial charge >= 0.3 is 0 Å². The predicted molar refractivity (Wildman–Crippen MR) is 132 cm³/mol. The van der Waals surface area contributed by atoms with Gasteiger partial charge in [-0.05, 0) is 88.2 Å². The van der Waals surface area contributed by atoms with E-state index in [1.165, 1.54) is 50.5 Å². The van der Waals surface area contributed by atoms with Crippen LogP contribution in [-0.2, 0) is 0 Å². The van der Waals surface area contributed by atoms with Crippen molar-refractivity contribution >= 4 is 11.1 Å². The molecule has 0 bridgehead atoms. The molecule has 1 aromatic heterocycles. The standard InChI is InChI=1S/C29H34N2O2/c32-27-12-6-5-11-25(27)29-30-26(18-28(31-29)33-24-9-3-4-10-24)22-14-13-21-15-19-7-1-2-8-20(19)16-23(21)17-22/h6,12,14-15,17-18,20-21,24,32H,1-5,7-11,13,16H2. The van der Waals surface area contributed by atoms with Crippen LogP contribution >= 0.6 is 0 Å². The molecule has 1 aromatic rings. The number of fused-ring (bicyclic) bond motifs is 2. The zero-order valence-electron chi connectivity index (χ0n) is 19.4. The molecule has 1 N–H and O–H groups in total. The number of ether oxygens (including phenoxy) is 1. The van der Waals surface area contributed by atoms with E-state index < -0.39 is 0 Å². The molecule has 0 aromatic carbocycles. The van der Waals surface area contributed by atoms with Gasteiger partial charge in [-0.1, -0.05) is 41.9 Å². The number of aromatic nitrogens is 2. The number of rotatable bonds is 4. The molecule has 2 atom stereocenters. The first kappa shape index (κ1) is 20.9. The van der Waals surface area contributed by atoms with Gasteiger partial charge in [0.15, 0.2) is 5.82 Å². The average molecular weight is 443 g/mol. The molecule has 0 radical (unpaired) electrons. The second-order valence-electron chi connectivity index (χ2n) is 10.4. The van der Waals surface area contributed by atoms with Gasteiger partial charge in [0.05, 0.1) is 5.69 Å². The van der Waals surface area contributed by atoms with E-state index in [4.69, 9.17) is 14.7 Å². The summed E-state index contributed by atoms with van der Waals surface area (Å²) >= 11 is 0. The molecular weight excluding hydrogens is 408 g/mol. The number of aliphatic hydroxyl groups excluding tert-OH is 1. The van der Waals surface area contributed by atoms with E-state index in [1.807, 2.05) is 12.1 Å². The van der Waals surface area contributed by atoms with E-state index in [9.17, 15) is 5.11 Å². The van der Waals surface area contributed by atoms with E-state index >= 15 is 0 Å². The Labute approximate surface area is 196 Å². The number of nitrogens with zero attached hydrogens (tertiary/aromatic N) is 2. The molecule has 4 nitrogen and oxygen atoms in total. The normalized spacial score (nSPS) is 27.5. The average Bonchev–Trinajstić information content (AvgIpc) is 3.35. The van der Waals surface area contributed by atoms with Crippen LogP contribution in [0, 0.1) is 11.8 Å². The highest BCUT2D eigenvalue weighted by molar-refractivity contribution is 5.76. The van der Waals surface area contributed by atoms with Gasteiger partial charge in [0.2, 0.25) is 5.88 Å². The lowest BCUT2D eigenvalue weighted by molar-refractivity contribution is 0.201. The zero-order valence-corrected chi connectivity index (χ0v) is 19.4. The molecule has 0 aliphatic heterocycles. The summed E-state index contributed by atoms with van der Waals surface area (Å²) in [7, 11) is 0. The fourth-order valence-electron chi connectivity index (χ4n) is 6.26. The van der Waals surface area contributed by atoms with Crippen molar-refractivity contribution in [1.82, 2.24) is 9.97 Å². The predicted octanol–water partition coefficient (Wildman–Crippen LogP) is 7.27. The van der Waals surface area contributed by atoms with Crippen LogP contribution in [0.3, 0.4) is 0 Å². The summed E-state index contributed by atoms with van der Waals surface area (Å²) in [5.41, 5.74) is 6.20. The lowest BCUT2D eigenvalue weighted by atomic mass is 9.70. The molecule has 2 unspecified atom stereocenters. The Bertz CT molecular complexity index is 1080. The second-order valence-corrected chi connectivity index (χ2v) is 10.4. The van der Waals surface area contributed by atoms with Crippen molar-refractivity contribution in [3.63, 3.8) is 0 Å². The molecule has 6 rings (SSSR count). The molecular formula is C29H34N2O2. The van der Waals surface area contributed by atoms with Crippen LogP contribution in [0.15, 0.2) is 53.4 Å². The van der Waals surface area contributed by atoms with E-state index in [2.05, 4.69) is 18.2 Å². The van der Waals surface area contributed by atoms with Gasteiger partial charge in [0.1, 0.15) is 11.9 Å². The number of allylic oxidation sites excluding steroid dienone is 9. The summed E-state index contributed by atoms with van der Waals surface area (Å²) in [6.07, 6.45) is 25.2. The fourth-order valence-corrected chi connectivity index (χ4v) is 6.26. The quantitative estimate of drug-likeness (QED) is 0.498. The third-order valence-corrected chi connectivity index (χ3v) is 8.10. The van der Waals surface area contributed by atoms with E-state index in [0.29, 0.717) is 17.6 Å². The van der Waals surface area contributed by atoms with Gasteiger partial charge in [-0.2, -0.15) is 4.98 Å². The molecule has 0 amide bonds. The number of hydrogen-bond acceptors (Lipinski definition) is 4. The fraction of sp³-hybridized carbons (Fsp3) is 0.517. The Balaban J connectivity index is 1.35. The van der Waals surface area contributed by atoms with Gasteiger partial charge < -0.3 is 9.84 Å². The summed E-state index contributed by atoms with van der Waals surface area (Å²) in [5.74, 6) is 2.85. The van der Waals surface area contributed by atoms with Crippen LogP contribution in [0.4, 0.5) is 0 Å². The Hall–Kier alpha value is -2.62. The molecule has 172 valence electrons. The highest BCUT2D eigenvalue weighted by Gasteiger charge is 2.30. The Kier molecular flexibility index (Phi) is 5.69. The van der Waals surface area contributed by atoms with Crippen molar-refractivity contribution < 1.29 is 9.84 Å². The maximum absolute atomic E-state index is 10.5. The summed E-state index contributed by atoms with van der Waals surface area (Å²) in [5, 5.41) is 10.5. The monoisotopic (exact) mass is 442 g/mol. The SMILES string of the molecule is OC1=C(c2nc(OC3CCCC3)cc(C3=CCC4C=C5CCCCC5CC4=C3)n2)CCC=C1. The molecule has 4 heteroatoms. The lowest BCUT2D eigenvalue weighted by Crippen LogP contribution is -2.21. The Morgan fingerprint density at radius 3 is 2.73 bits per heavy atom. The molecule has 2 saturated carbocycles. The van der Waals surface area contributed by atoms with Gasteiger partial charge in [-0.3, -0.25) is 0 Å². The first-order valence-electron chi connectivity index (χ1n) is 13.0. The van der Waals surface area contributed by atoms with E-state index in [1.54, 1.807) is 17.2 Å². The minimum absolute atomic E-state index is 0.241. The van der Waals surface area contributed by atoms with Crippen molar-refractivity contribution in [1.29, 1.82) is 0 Å². The molecule has 2 fully saturated rings. The maximum Gasteiger partial charge on any atom is 0.217 e. The topological polar surface area (TPSA) is 55.2 Å². The van der Waals surface area contributed by atoms with Crippen LogP contribution in [0.2, 0.25) is 0 Å². The van der Waals surface area contributed by atoms with Crippen molar-refractivity contribution in [2.24, 2.45) is 11.8 Å². The third kappa shape index (κ3) is 4.32. The molecule has 0 spiro atoms. The Morgan fingerprint density at radius 2 is 1.85 bits per heavy atom. The third-order valence-electron chi connectivity index (χ3n) is 8.10. The maximum atomic E-state index is 10.5. The van der Waals surface area contributed by atoms with Crippen LogP contribution < -0.4 is 4.74 Å². The number of aliphatic hydroxyl groups is 1. The van der Waals surface area contributed by atoms with Gasteiger partial charge in [0, 0.05) is 17.6 Å². The van der Waals surface area contributed by atoms with Crippen molar-refractivity contribution in [2.75, 3.05) is 0 Å². The van der Waals surface area contributed by atoms with E-state index in [0.717, 1.165) is 49.3 Å². The Morgan fingerprint density at radius 1 is 0.970 bits per heavy atom. The summed E-state index contributed by atoms with van der Waals surface area (Å²) in [6, 6.07) is 2.02. The summed E-state index contributed by atoms with van der Waals surface area (Å²) in [4.78, 5) is 9.71. The van der Waals surface area contributed by atoms with Crippen LogP contribution in [0.25, 0.3) is 11.1 Å². The molecule has 5 aliphatic rings. The number of hydrogen-bond donors (Lipinski definition) is 1. The largest absolute Gasteiger partial charge is 0.508 e. The minimum Gasteiger partial charge on any atom is -0.508 e. The van der Waals surface area contributed by atoms with Crippen molar-refractivity contribution in [3.05, 3.63) is 64.9 Å². The highest BCUT2D eigenvalue weighted by Crippen LogP contribution is 2.45. The first-order valence-corrected chi connectivity index (χ1v) is 13.0. The lowest BCUT2D eigenvalue weighted by Gasteiger charge is -2.35. The zero-order chi connectivity index (χ0) is 22.2. The molecule has 33 heavy (non-hydrogen) atoms. The first-order chi connectivity index (χ1) is 16.2. The molecule has 1 heterocycles. The summed E-state index contributed by atoms with van der Waals surface area (Å²) < 4.78 is 6.32. The molecule has 5 aliphatic carbocycles. The van der Waals surface area contributed by atoms with Gasteiger partial charge in [-0.15, -0.1) is 0 Å². The second kappa shape index (κ2) is 8.96.